The summed E-state index contributed by atoms with van der Waals surface area (Å²) in [6.45, 7) is 0. The van der Waals surface area contributed by atoms with Gasteiger partial charge < -0.3 is 4.57 Å². The van der Waals surface area contributed by atoms with Crippen molar-refractivity contribution in [3.8, 4) is 0 Å². The molecular formula is C13H15N3S. The molecule has 0 aliphatic heterocycles. The minimum atomic E-state index is 0.387. The largest absolute Gasteiger partial charge is 0.307 e. The number of hydrogen-bond acceptors (Lipinski definition) is 2. The lowest BCUT2D eigenvalue weighted by atomic mass is 9.82. The molecule has 1 N–H and O–H groups in total. The topological polar surface area (TPSA) is 33.6 Å². The van der Waals surface area contributed by atoms with Crippen molar-refractivity contribution in [2.75, 3.05) is 0 Å². The molecule has 0 saturated carbocycles. The Kier molecular flexibility index (Phi) is 2.59. The highest BCUT2D eigenvalue weighted by atomic mass is 32.1. The number of benzene rings is 1. The normalized spacial score (nSPS) is 19.0. The molecule has 88 valence electrons. The summed E-state index contributed by atoms with van der Waals surface area (Å²) in [6.07, 6.45) is 3.56. The quantitative estimate of drug-likeness (QED) is 0.784. The molecule has 0 saturated heterocycles. The lowest BCUT2D eigenvalue weighted by Crippen LogP contribution is -2.14. The summed E-state index contributed by atoms with van der Waals surface area (Å²) in [5, 5.41) is 7.26. The predicted molar refractivity (Wildman–Crippen MR) is 69.6 cm³/mol. The zero-order valence-corrected chi connectivity index (χ0v) is 10.6. The highest BCUT2D eigenvalue weighted by molar-refractivity contribution is 7.71. The molecule has 0 bridgehead atoms. The van der Waals surface area contributed by atoms with Crippen LogP contribution in [0.5, 0.6) is 0 Å². The van der Waals surface area contributed by atoms with Crippen LogP contribution >= 0.6 is 12.2 Å². The first-order valence-corrected chi connectivity index (χ1v) is 6.37. The number of nitrogens with one attached hydrogen (secondary N) is 1. The number of rotatable bonds is 1. The molecule has 1 aromatic heterocycles. The van der Waals surface area contributed by atoms with E-state index in [9.17, 15) is 0 Å². The highest BCUT2D eigenvalue weighted by Crippen LogP contribution is 2.35. The van der Waals surface area contributed by atoms with Gasteiger partial charge in [0, 0.05) is 13.0 Å². The second-order valence-electron chi connectivity index (χ2n) is 4.59. The standard InChI is InChI=1S/C13H15N3S/c1-16-12(14-15-13(16)17)11-8-4-6-9-5-2-3-7-10(9)11/h2-3,5,7,11H,4,6,8H2,1H3,(H,15,17). The predicted octanol–water partition coefficient (Wildman–Crippen LogP) is 2.95. The molecule has 3 rings (SSSR count). The van der Waals surface area contributed by atoms with Crippen molar-refractivity contribution in [1.29, 1.82) is 0 Å². The van der Waals surface area contributed by atoms with Crippen LogP contribution < -0.4 is 0 Å². The van der Waals surface area contributed by atoms with E-state index >= 15 is 0 Å². The SMILES string of the molecule is Cn1c(C2CCCc3ccccc32)n[nH]c1=S. The molecule has 1 heterocycles. The van der Waals surface area contributed by atoms with Crippen LogP contribution in [-0.2, 0) is 13.5 Å². The van der Waals surface area contributed by atoms with E-state index in [2.05, 4.69) is 34.5 Å². The van der Waals surface area contributed by atoms with Crippen LogP contribution in [-0.4, -0.2) is 14.8 Å². The van der Waals surface area contributed by atoms with Gasteiger partial charge in [0.05, 0.1) is 0 Å². The third kappa shape index (κ3) is 1.72. The molecule has 0 radical (unpaired) electrons. The molecule has 1 unspecified atom stereocenters. The second kappa shape index (κ2) is 4.11. The molecular weight excluding hydrogens is 230 g/mol. The van der Waals surface area contributed by atoms with Crippen molar-refractivity contribution in [2.45, 2.75) is 25.2 Å². The number of fused-ring (bicyclic) bond motifs is 1. The van der Waals surface area contributed by atoms with E-state index in [4.69, 9.17) is 12.2 Å². The van der Waals surface area contributed by atoms with E-state index < -0.39 is 0 Å². The summed E-state index contributed by atoms with van der Waals surface area (Å²) < 4.78 is 2.69. The molecule has 0 spiro atoms. The fourth-order valence-electron chi connectivity index (χ4n) is 2.69. The minimum absolute atomic E-state index is 0.387. The molecule has 1 atom stereocenters. The molecule has 0 amide bonds. The minimum Gasteiger partial charge on any atom is -0.307 e. The van der Waals surface area contributed by atoms with Gasteiger partial charge in [0.15, 0.2) is 4.77 Å². The average molecular weight is 245 g/mol. The van der Waals surface area contributed by atoms with E-state index in [0.29, 0.717) is 10.7 Å². The number of aromatic nitrogens is 3. The fraction of sp³-hybridized carbons (Fsp3) is 0.385. The Bertz CT molecular complexity index is 597. The first-order chi connectivity index (χ1) is 8.27. The monoisotopic (exact) mass is 245 g/mol. The van der Waals surface area contributed by atoms with Crippen LogP contribution in [0.3, 0.4) is 0 Å². The van der Waals surface area contributed by atoms with Gasteiger partial charge >= 0.3 is 0 Å². The molecule has 0 fully saturated rings. The zero-order valence-electron chi connectivity index (χ0n) is 9.81. The Balaban J connectivity index is 2.12. The van der Waals surface area contributed by atoms with Gasteiger partial charge in [-0.25, -0.2) is 0 Å². The van der Waals surface area contributed by atoms with Crippen LogP contribution in [0.25, 0.3) is 0 Å². The van der Waals surface area contributed by atoms with Crippen molar-refractivity contribution in [2.24, 2.45) is 7.05 Å². The van der Waals surface area contributed by atoms with Crippen LogP contribution in [0.1, 0.15) is 35.7 Å². The summed E-state index contributed by atoms with van der Waals surface area (Å²) >= 11 is 5.19. The molecule has 2 aromatic rings. The lowest BCUT2D eigenvalue weighted by Gasteiger charge is -2.24. The van der Waals surface area contributed by atoms with E-state index in [1.165, 1.54) is 24.0 Å². The smallest absolute Gasteiger partial charge is 0.194 e. The summed E-state index contributed by atoms with van der Waals surface area (Å²) in [7, 11) is 1.98. The number of nitrogens with zero attached hydrogens (tertiary/aromatic N) is 2. The summed E-state index contributed by atoms with van der Waals surface area (Å²) in [5.41, 5.74) is 2.87. The van der Waals surface area contributed by atoms with Gasteiger partial charge in [0.2, 0.25) is 0 Å². The maximum absolute atomic E-state index is 5.19. The first kappa shape index (κ1) is 10.7. The number of aromatic amines is 1. The Labute approximate surface area is 105 Å². The van der Waals surface area contributed by atoms with Crippen molar-refractivity contribution in [3.63, 3.8) is 0 Å². The van der Waals surface area contributed by atoms with E-state index in [0.717, 1.165) is 12.2 Å². The number of aryl methyl sites for hydroxylation is 1. The Hall–Kier alpha value is -1.42. The van der Waals surface area contributed by atoms with Crippen LogP contribution in [0.15, 0.2) is 24.3 Å². The third-order valence-electron chi connectivity index (χ3n) is 3.60. The molecule has 1 aliphatic carbocycles. The van der Waals surface area contributed by atoms with Gasteiger partial charge in [-0.05, 0) is 42.6 Å². The van der Waals surface area contributed by atoms with Crippen LogP contribution in [0.4, 0.5) is 0 Å². The van der Waals surface area contributed by atoms with Crippen LogP contribution in [0, 0.1) is 4.77 Å². The first-order valence-electron chi connectivity index (χ1n) is 5.96. The molecule has 1 aliphatic rings. The number of H-pyrrole nitrogens is 1. The second-order valence-corrected chi connectivity index (χ2v) is 4.98. The molecule has 4 heteroatoms. The van der Waals surface area contributed by atoms with Crippen molar-refractivity contribution >= 4 is 12.2 Å². The van der Waals surface area contributed by atoms with Crippen molar-refractivity contribution < 1.29 is 0 Å². The number of hydrogen-bond donors (Lipinski definition) is 1. The van der Waals surface area contributed by atoms with Gasteiger partial charge in [-0.15, -0.1) is 0 Å². The zero-order chi connectivity index (χ0) is 11.8. The Morgan fingerprint density at radius 1 is 1.41 bits per heavy atom. The lowest BCUT2D eigenvalue weighted by molar-refractivity contribution is 0.571. The summed E-state index contributed by atoms with van der Waals surface area (Å²) in [5.74, 6) is 1.44. The Morgan fingerprint density at radius 2 is 2.24 bits per heavy atom. The summed E-state index contributed by atoms with van der Waals surface area (Å²) in [6, 6.07) is 8.67. The average Bonchev–Trinajstić information content (AvgIpc) is 2.69. The van der Waals surface area contributed by atoms with Crippen molar-refractivity contribution in [3.05, 3.63) is 46.0 Å². The van der Waals surface area contributed by atoms with Gasteiger partial charge in [-0.1, -0.05) is 24.3 Å². The summed E-state index contributed by atoms with van der Waals surface area (Å²) in [4.78, 5) is 0. The maximum Gasteiger partial charge on any atom is 0.194 e. The maximum atomic E-state index is 5.19. The van der Waals surface area contributed by atoms with Crippen LogP contribution in [0.2, 0.25) is 0 Å². The molecule has 3 nitrogen and oxygen atoms in total. The fourth-order valence-corrected chi connectivity index (χ4v) is 2.83. The van der Waals surface area contributed by atoms with Gasteiger partial charge in [-0.2, -0.15) is 5.10 Å². The molecule has 17 heavy (non-hydrogen) atoms. The van der Waals surface area contributed by atoms with E-state index in [-0.39, 0.29) is 0 Å². The van der Waals surface area contributed by atoms with E-state index in [1.807, 2.05) is 11.6 Å². The van der Waals surface area contributed by atoms with Crippen molar-refractivity contribution in [1.82, 2.24) is 14.8 Å². The Morgan fingerprint density at radius 3 is 3.00 bits per heavy atom. The van der Waals surface area contributed by atoms with Gasteiger partial charge in [0.1, 0.15) is 5.82 Å². The highest BCUT2D eigenvalue weighted by Gasteiger charge is 2.24. The molecule has 1 aromatic carbocycles. The third-order valence-corrected chi connectivity index (χ3v) is 3.96. The van der Waals surface area contributed by atoms with Gasteiger partial charge in [-0.3, -0.25) is 5.10 Å². The van der Waals surface area contributed by atoms with Gasteiger partial charge in [0.25, 0.3) is 0 Å². The van der Waals surface area contributed by atoms with E-state index in [1.54, 1.807) is 0 Å².